The lowest BCUT2D eigenvalue weighted by Gasteiger charge is -2.09. The molecular formula is C12H13ClN2O3. The number of carboxylic acid groups (broad SMARTS) is 1. The smallest absolute Gasteiger partial charge is 0.337 e. The zero-order valence-corrected chi connectivity index (χ0v) is 10.3. The van der Waals surface area contributed by atoms with Crippen molar-refractivity contribution in [3.63, 3.8) is 0 Å². The maximum absolute atomic E-state index is 11.5. The lowest BCUT2D eigenvalue weighted by molar-refractivity contribution is 0.0698. The van der Waals surface area contributed by atoms with Crippen LogP contribution in [0.3, 0.4) is 0 Å². The van der Waals surface area contributed by atoms with Crippen LogP contribution in [0.2, 0.25) is 5.02 Å². The Morgan fingerprint density at radius 2 is 2.17 bits per heavy atom. The molecule has 0 aromatic heterocycles. The molecule has 3 N–H and O–H groups in total. The van der Waals surface area contributed by atoms with Crippen LogP contribution in [0.1, 0.15) is 16.8 Å². The summed E-state index contributed by atoms with van der Waals surface area (Å²) in [5, 5.41) is 14.3. The van der Waals surface area contributed by atoms with Crippen molar-refractivity contribution in [2.45, 2.75) is 6.42 Å². The Balaban J connectivity index is 2.76. The highest BCUT2D eigenvalue weighted by molar-refractivity contribution is 6.31. The van der Waals surface area contributed by atoms with Crippen molar-refractivity contribution < 1.29 is 14.7 Å². The van der Waals surface area contributed by atoms with E-state index in [0.717, 1.165) is 0 Å². The van der Waals surface area contributed by atoms with Gasteiger partial charge in [-0.25, -0.2) is 9.59 Å². The minimum Gasteiger partial charge on any atom is -0.478 e. The monoisotopic (exact) mass is 268 g/mol. The third-order valence-electron chi connectivity index (χ3n) is 2.09. The molecule has 2 amide bonds. The Kier molecular flexibility index (Phi) is 5.20. The average Bonchev–Trinajstić information content (AvgIpc) is 2.29. The van der Waals surface area contributed by atoms with Gasteiger partial charge in [0.25, 0.3) is 0 Å². The third kappa shape index (κ3) is 4.10. The maximum atomic E-state index is 11.5. The largest absolute Gasteiger partial charge is 0.478 e. The predicted octanol–water partition coefficient (Wildman–Crippen LogP) is 2.74. The van der Waals surface area contributed by atoms with Crippen LogP contribution in [-0.4, -0.2) is 23.7 Å². The van der Waals surface area contributed by atoms with Gasteiger partial charge >= 0.3 is 12.0 Å². The highest BCUT2D eigenvalue weighted by Crippen LogP contribution is 2.21. The number of hydrogen-bond donors (Lipinski definition) is 3. The van der Waals surface area contributed by atoms with E-state index in [4.69, 9.17) is 16.7 Å². The van der Waals surface area contributed by atoms with E-state index < -0.39 is 12.0 Å². The first-order chi connectivity index (χ1) is 8.54. The number of benzene rings is 1. The van der Waals surface area contributed by atoms with Gasteiger partial charge in [0.15, 0.2) is 0 Å². The summed E-state index contributed by atoms with van der Waals surface area (Å²) in [5.41, 5.74) is 0.143. The molecule has 1 aromatic rings. The van der Waals surface area contributed by atoms with E-state index >= 15 is 0 Å². The molecule has 0 atom stereocenters. The predicted molar refractivity (Wildman–Crippen MR) is 70.2 cm³/mol. The zero-order chi connectivity index (χ0) is 13.5. The highest BCUT2D eigenvalue weighted by Gasteiger charge is 2.12. The van der Waals surface area contributed by atoms with Crippen LogP contribution in [0, 0.1) is 0 Å². The van der Waals surface area contributed by atoms with Crippen LogP contribution in [0.15, 0.2) is 30.9 Å². The van der Waals surface area contributed by atoms with Crippen LogP contribution in [0.5, 0.6) is 0 Å². The lowest BCUT2D eigenvalue weighted by atomic mass is 10.2. The number of amides is 2. The minimum atomic E-state index is -1.13. The molecule has 0 bridgehead atoms. The summed E-state index contributed by atoms with van der Waals surface area (Å²) in [6.45, 7) is 3.95. The number of nitrogens with one attached hydrogen (secondary N) is 2. The summed E-state index contributed by atoms with van der Waals surface area (Å²) < 4.78 is 0. The first-order valence-electron chi connectivity index (χ1n) is 5.23. The van der Waals surface area contributed by atoms with Gasteiger partial charge in [-0.2, -0.15) is 0 Å². The van der Waals surface area contributed by atoms with Crippen LogP contribution in [-0.2, 0) is 0 Å². The molecule has 0 aliphatic heterocycles. The molecule has 1 aromatic carbocycles. The first-order valence-corrected chi connectivity index (χ1v) is 5.61. The SMILES string of the molecule is C=CCCNC(=O)Nc1cc(Cl)ccc1C(=O)O. The van der Waals surface area contributed by atoms with Crippen molar-refractivity contribution in [3.8, 4) is 0 Å². The Morgan fingerprint density at radius 1 is 1.44 bits per heavy atom. The van der Waals surface area contributed by atoms with Crippen LogP contribution < -0.4 is 10.6 Å². The number of urea groups is 1. The van der Waals surface area contributed by atoms with E-state index in [2.05, 4.69) is 17.2 Å². The molecule has 96 valence electrons. The number of carboxylic acids is 1. The van der Waals surface area contributed by atoms with E-state index in [9.17, 15) is 9.59 Å². The molecule has 0 saturated carbocycles. The Morgan fingerprint density at radius 3 is 2.78 bits per heavy atom. The molecule has 0 spiro atoms. The quantitative estimate of drug-likeness (QED) is 0.567. The number of hydrogen-bond acceptors (Lipinski definition) is 2. The third-order valence-corrected chi connectivity index (χ3v) is 2.33. The van der Waals surface area contributed by atoms with Crippen LogP contribution >= 0.6 is 11.6 Å². The van der Waals surface area contributed by atoms with Gasteiger partial charge in [0.2, 0.25) is 0 Å². The first kappa shape index (κ1) is 14.1. The summed E-state index contributed by atoms with van der Waals surface area (Å²) >= 11 is 5.75. The molecular weight excluding hydrogens is 256 g/mol. The van der Waals surface area contributed by atoms with E-state index in [1.54, 1.807) is 6.08 Å². The molecule has 0 radical (unpaired) electrons. The number of halogens is 1. The van der Waals surface area contributed by atoms with Gasteiger partial charge in [-0.05, 0) is 24.6 Å². The van der Waals surface area contributed by atoms with Gasteiger partial charge in [0.05, 0.1) is 11.3 Å². The standard InChI is InChI=1S/C12H13ClN2O3/c1-2-3-6-14-12(18)15-10-7-8(13)4-5-9(10)11(16)17/h2,4-5,7H,1,3,6H2,(H,16,17)(H2,14,15,18). The minimum absolute atomic E-state index is 0.0155. The molecule has 0 heterocycles. The van der Waals surface area contributed by atoms with E-state index in [0.29, 0.717) is 18.0 Å². The van der Waals surface area contributed by atoms with Gasteiger partial charge in [-0.15, -0.1) is 6.58 Å². The fraction of sp³-hybridized carbons (Fsp3) is 0.167. The Hall–Kier alpha value is -2.01. The summed E-state index contributed by atoms with van der Waals surface area (Å²) in [5.74, 6) is -1.13. The Labute approximate surface area is 109 Å². The second-order valence-electron chi connectivity index (χ2n) is 3.45. The van der Waals surface area contributed by atoms with Crippen LogP contribution in [0.25, 0.3) is 0 Å². The number of rotatable bonds is 5. The fourth-order valence-corrected chi connectivity index (χ4v) is 1.43. The molecule has 6 heteroatoms. The normalized spacial score (nSPS) is 9.61. The fourth-order valence-electron chi connectivity index (χ4n) is 1.26. The van der Waals surface area contributed by atoms with Crippen molar-refractivity contribution in [1.82, 2.24) is 5.32 Å². The van der Waals surface area contributed by atoms with Gasteiger partial charge in [-0.1, -0.05) is 17.7 Å². The highest BCUT2D eigenvalue weighted by atomic mass is 35.5. The second-order valence-corrected chi connectivity index (χ2v) is 3.89. The maximum Gasteiger partial charge on any atom is 0.337 e. The molecule has 18 heavy (non-hydrogen) atoms. The molecule has 0 aliphatic carbocycles. The van der Waals surface area contributed by atoms with Crippen molar-refractivity contribution in [1.29, 1.82) is 0 Å². The average molecular weight is 269 g/mol. The van der Waals surface area contributed by atoms with Gasteiger partial charge in [0.1, 0.15) is 0 Å². The second kappa shape index (κ2) is 6.66. The van der Waals surface area contributed by atoms with E-state index in [-0.39, 0.29) is 11.3 Å². The Bertz CT molecular complexity index is 474. The van der Waals surface area contributed by atoms with Gasteiger partial charge in [0, 0.05) is 11.6 Å². The molecule has 0 fully saturated rings. The lowest BCUT2D eigenvalue weighted by Crippen LogP contribution is -2.30. The number of carbonyl (C=O) groups excluding carboxylic acids is 1. The zero-order valence-electron chi connectivity index (χ0n) is 9.57. The number of carbonyl (C=O) groups is 2. The van der Waals surface area contributed by atoms with Crippen molar-refractivity contribution in [2.24, 2.45) is 0 Å². The van der Waals surface area contributed by atoms with Crippen molar-refractivity contribution >= 4 is 29.3 Å². The molecule has 0 aliphatic rings. The summed E-state index contributed by atoms with van der Waals surface area (Å²) in [6.07, 6.45) is 2.30. The molecule has 0 unspecified atom stereocenters. The van der Waals surface area contributed by atoms with Crippen molar-refractivity contribution in [2.75, 3.05) is 11.9 Å². The topological polar surface area (TPSA) is 78.4 Å². The molecule has 1 rings (SSSR count). The molecule has 0 saturated heterocycles. The number of anilines is 1. The van der Waals surface area contributed by atoms with Gasteiger partial charge < -0.3 is 15.7 Å². The van der Waals surface area contributed by atoms with Crippen LogP contribution in [0.4, 0.5) is 10.5 Å². The summed E-state index contributed by atoms with van der Waals surface area (Å²) in [4.78, 5) is 22.4. The number of aromatic carboxylic acids is 1. The van der Waals surface area contributed by atoms with Crippen molar-refractivity contribution in [3.05, 3.63) is 41.4 Å². The van der Waals surface area contributed by atoms with Gasteiger partial charge in [-0.3, -0.25) is 0 Å². The van der Waals surface area contributed by atoms with E-state index in [1.807, 2.05) is 0 Å². The van der Waals surface area contributed by atoms with E-state index in [1.165, 1.54) is 18.2 Å². The summed E-state index contributed by atoms with van der Waals surface area (Å²) in [6, 6.07) is 3.69. The summed E-state index contributed by atoms with van der Waals surface area (Å²) in [7, 11) is 0. The molecule has 5 nitrogen and oxygen atoms in total.